The summed E-state index contributed by atoms with van der Waals surface area (Å²) in [5.74, 6) is -0.542. The molecule has 0 bridgehead atoms. The first-order valence-corrected chi connectivity index (χ1v) is 6.95. The van der Waals surface area contributed by atoms with E-state index >= 15 is 0 Å². The molecule has 4 nitrogen and oxygen atoms in total. The Kier molecular flexibility index (Phi) is 3.46. The fourth-order valence-corrected chi connectivity index (χ4v) is 3.39. The van der Waals surface area contributed by atoms with Gasteiger partial charge in [-0.15, -0.1) is 0 Å². The third-order valence-electron chi connectivity index (χ3n) is 2.93. The predicted octanol–water partition coefficient (Wildman–Crippen LogP) is 0.937. The summed E-state index contributed by atoms with van der Waals surface area (Å²) in [5.41, 5.74) is 5.72. The molecule has 0 unspecified atom stereocenters. The van der Waals surface area contributed by atoms with E-state index in [1.807, 2.05) is 0 Å². The molecule has 94 valence electrons. The van der Waals surface area contributed by atoms with Gasteiger partial charge >= 0.3 is 0 Å². The highest BCUT2D eigenvalue weighted by molar-refractivity contribution is 7.89. The second kappa shape index (κ2) is 4.72. The Morgan fingerprint density at radius 1 is 1.29 bits per heavy atom. The van der Waals surface area contributed by atoms with Crippen LogP contribution in [0, 0.1) is 5.82 Å². The molecule has 0 aliphatic carbocycles. The minimum absolute atomic E-state index is 0.00738. The van der Waals surface area contributed by atoms with Crippen LogP contribution in [-0.2, 0) is 10.0 Å². The summed E-state index contributed by atoms with van der Waals surface area (Å²) >= 11 is 0. The number of hydrogen-bond acceptors (Lipinski definition) is 3. The third-order valence-corrected chi connectivity index (χ3v) is 4.83. The molecule has 0 spiro atoms. The van der Waals surface area contributed by atoms with E-state index in [2.05, 4.69) is 0 Å². The van der Waals surface area contributed by atoms with Crippen molar-refractivity contribution in [3.8, 4) is 0 Å². The molecule has 0 aromatic heterocycles. The highest BCUT2D eigenvalue weighted by Crippen LogP contribution is 2.20. The van der Waals surface area contributed by atoms with Crippen molar-refractivity contribution >= 4 is 10.0 Å². The summed E-state index contributed by atoms with van der Waals surface area (Å²) in [7, 11) is -3.57. The van der Waals surface area contributed by atoms with Crippen LogP contribution >= 0.6 is 0 Å². The van der Waals surface area contributed by atoms with E-state index in [9.17, 15) is 12.8 Å². The van der Waals surface area contributed by atoms with Crippen LogP contribution < -0.4 is 5.73 Å². The van der Waals surface area contributed by atoms with Crippen LogP contribution in [0.3, 0.4) is 0 Å². The van der Waals surface area contributed by atoms with E-state index in [4.69, 9.17) is 5.73 Å². The van der Waals surface area contributed by atoms with Gasteiger partial charge in [0.25, 0.3) is 0 Å². The molecule has 1 heterocycles. The number of halogens is 1. The summed E-state index contributed by atoms with van der Waals surface area (Å²) in [4.78, 5) is 0.00738. The number of benzene rings is 1. The van der Waals surface area contributed by atoms with Crippen LogP contribution in [-0.4, -0.2) is 31.9 Å². The molecule has 17 heavy (non-hydrogen) atoms. The Balaban J connectivity index is 2.25. The smallest absolute Gasteiger partial charge is 0.243 e. The number of sulfonamides is 1. The van der Waals surface area contributed by atoms with Gasteiger partial charge in [0, 0.05) is 19.1 Å². The van der Waals surface area contributed by atoms with Gasteiger partial charge in [0.05, 0.1) is 4.90 Å². The van der Waals surface area contributed by atoms with Crippen LogP contribution in [0.1, 0.15) is 12.8 Å². The molecule has 1 fully saturated rings. The van der Waals surface area contributed by atoms with Gasteiger partial charge in [0.2, 0.25) is 10.0 Å². The number of nitrogens with zero attached hydrogens (tertiary/aromatic N) is 1. The molecule has 6 heteroatoms. The second-order valence-electron chi connectivity index (χ2n) is 4.20. The van der Waals surface area contributed by atoms with Gasteiger partial charge in [0.15, 0.2) is 0 Å². The fourth-order valence-electron chi connectivity index (χ4n) is 1.89. The SMILES string of the molecule is NC1CCN(S(=O)(=O)c2cccc(F)c2)CC1. The van der Waals surface area contributed by atoms with Crippen LogP contribution in [0.4, 0.5) is 4.39 Å². The zero-order chi connectivity index (χ0) is 12.5. The van der Waals surface area contributed by atoms with Gasteiger partial charge in [-0.3, -0.25) is 0 Å². The fraction of sp³-hybridized carbons (Fsp3) is 0.455. The Morgan fingerprint density at radius 2 is 1.94 bits per heavy atom. The van der Waals surface area contributed by atoms with Crippen molar-refractivity contribution in [3.05, 3.63) is 30.1 Å². The maximum absolute atomic E-state index is 13.0. The summed E-state index contributed by atoms with van der Waals surface area (Å²) in [5, 5.41) is 0. The van der Waals surface area contributed by atoms with Crippen molar-refractivity contribution in [3.63, 3.8) is 0 Å². The van der Waals surface area contributed by atoms with Gasteiger partial charge in [-0.05, 0) is 31.0 Å². The highest BCUT2D eigenvalue weighted by atomic mass is 32.2. The molecule has 1 aliphatic heterocycles. The minimum atomic E-state index is -3.57. The summed E-state index contributed by atoms with van der Waals surface area (Å²) in [6, 6.07) is 5.15. The maximum atomic E-state index is 13.0. The molecular formula is C11H15FN2O2S. The topological polar surface area (TPSA) is 63.4 Å². The van der Waals surface area contributed by atoms with Crippen molar-refractivity contribution in [2.45, 2.75) is 23.8 Å². The van der Waals surface area contributed by atoms with Crippen LogP contribution in [0.25, 0.3) is 0 Å². The number of rotatable bonds is 2. The highest BCUT2D eigenvalue weighted by Gasteiger charge is 2.28. The minimum Gasteiger partial charge on any atom is -0.328 e. The lowest BCUT2D eigenvalue weighted by atomic mass is 10.1. The van der Waals surface area contributed by atoms with Crippen molar-refractivity contribution in [1.29, 1.82) is 0 Å². The molecule has 1 aromatic carbocycles. The zero-order valence-corrected chi connectivity index (χ0v) is 10.2. The normalized spacial score (nSPS) is 19.4. The quantitative estimate of drug-likeness (QED) is 0.858. The lowest BCUT2D eigenvalue weighted by Crippen LogP contribution is -2.42. The second-order valence-corrected chi connectivity index (χ2v) is 6.14. The number of hydrogen-bond donors (Lipinski definition) is 1. The van der Waals surface area contributed by atoms with Gasteiger partial charge in [0.1, 0.15) is 5.82 Å². The third kappa shape index (κ3) is 2.65. The molecule has 1 aliphatic rings. The molecular weight excluding hydrogens is 243 g/mol. The standard InChI is InChI=1S/C11H15FN2O2S/c12-9-2-1-3-11(8-9)17(15,16)14-6-4-10(13)5-7-14/h1-3,8,10H,4-7,13H2. The van der Waals surface area contributed by atoms with Gasteiger partial charge in [-0.1, -0.05) is 6.07 Å². The van der Waals surface area contributed by atoms with E-state index in [-0.39, 0.29) is 10.9 Å². The molecule has 2 N–H and O–H groups in total. The lowest BCUT2D eigenvalue weighted by molar-refractivity contribution is 0.320. The molecule has 1 saturated heterocycles. The average molecular weight is 258 g/mol. The maximum Gasteiger partial charge on any atom is 0.243 e. The van der Waals surface area contributed by atoms with Crippen LogP contribution in [0.5, 0.6) is 0 Å². The van der Waals surface area contributed by atoms with E-state index in [1.54, 1.807) is 0 Å². The molecule has 0 radical (unpaired) electrons. The first-order chi connectivity index (χ1) is 8.00. The molecule has 2 rings (SSSR count). The lowest BCUT2D eigenvalue weighted by Gasteiger charge is -2.29. The van der Waals surface area contributed by atoms with E-state index < -0.39 is 15.8 Å². The van der Waals surface area contributed by atoms with Crippen molar-refractivity contribution in [1.82, 2.24) is 4.31 Å². The molecule has 1 aromatic rings. The number of nitrogens with two attached hydrogens (primary N) is 1. The largest absolute Gasteiger partial charge is 0.328 e. The summed E-state index contributed by atoms with van der Waals surface area (Å²) in [6.45, 7) is 0.806. The van der Waals surface area contributed by atoms with Crippen LogP contribution in [0.2, 0.25) is 0 Å². The van der Waals surface area contributed by atoms with E-state index in [0.717, 1.165) is 6.07 Å². The Bertz CT molecular complexity index is 496. The van der Waals surface area contributed by atoms with Gasteiger partial charge < -0.3 is 5.73 Å². The Labute approximate surface area is 100 Å². The van der Waals surface area contributed by atoms with Crippen molar-refractivity contribution < 1.29 is 12.8 Å². The summed E-state index contributed by atoms with van der Waals surface area (Å²) < 4.78 is 38.7. The van der Waals surface area contributed by atoms with Crippen LogP contribution in [0.15, 0.2) is 29.2 Å². The Hall–Kier alpha value is -0.980. The van der Waals surface area contributed by atoms with Crippen molar-refractivity contribution in [2.75, 3.05) is 13.1 Å². The van der Waals surface area contributed by atoms with Gasteiger partial charge in [-0.25, -0.2) is 12.8 Å². The predicted molar refractivity (Wildman–Crippen MR) is 62.4 cm³/mol. The van der Waals surface area contributed by atoms with Gasteiger partial charge in [-0.2, -0.15) is 4.31 Å². The monoisotopic (exact) mass is 258 g/mol. The Morgan fingerprint density at radius 3 is 2.53 bits per heavy atom. The molecule has 0 amide bonds. The zero-order valence-electron chi connectivity index (χ0n) is 9.34. The number of piperidine rings is 1. The van der Waals surface area contributed by atoms with E-state index in [0.29, 0.717) is 25.9 Å². The molecule has 0 atom stereocenters. The first kappa shape index (κ1) is 12.5. The average Bonchev–Trinajstić information content (AvgIpc) is 2.29. The first-order valence-electron chi connectivity index (χ1n) is 5.51. The van der Waals surface area contributed by atoms with Crippen molar-refractivity contribution in [2.24, 2.45) is 5.73 Å². The van der Waals surface area contributed by atoms with E-state index in [1.165, 1.54) is 22.5 Å². The molecule has 0 saturated carbocycles. The summed E-state index contributed by atoms with van der Waals surface area (Å²) in [6.07, 6.45) is 1.29.